The fourth-order valence-electron chi connectivity index (χ4n) is 2.49. The third-order valence-electron chi connectivity index (χ3n) is 3.61. The van der Waals surface area contributed by atoms with E-state index in [9.17, 15) is 9.18 Å². The molecule has 23 heavy (non-hydrogen) atoms. The van der Waals surface area contributed by atoms with Crippen LogP contribution in [0.1, 0.15) is 5.56 Å². The van der Waals surface area contributed by atoms with Crippen molar-refractivity contribution in [2.75, 3.05) is 0 Å². The smallest absolute Gasteiger partial charge is 0.261 e. The molecule has 0 amide bonds. The van der Waals surface area contributed by atoms with Gasteiger partial charge < -0.3 is 0 Å². The van der Waals surface area contributed by atoms with Gasteiger partial charge in [0, 0.05) is 11.6 Å². The minimum atomic E-state index is -0.406. The van der Waals surface area contributed by atoms with Crippen LogP contribution in [0.2, 0.25) is 0 Å². The molecule has 0 aliphatic rings. The lowest BCUT2D eigenvalue weighted by Gasteiger charge is -2.06. The van der Waals surface area contributed by atoms with Crippen molar-refractivity contribution in [2.24, 2.45) is 0 Å². The van der Waals surface area contributed by atoms with Crippen LogP contribution in [-0.2, 0) is 6.54 Å². The summed E-state index contributed by atoms with van der Waals surface area (Å²) in [6, 6.07) is 7.95. The van der Waals surface area contributed by atoms with E-state index in [0.717, 1.165) is 16.1 Å². The summed E-state index contributed by atoms with van der Waals surface area (Å²) in [5, 5.41) is 9.42. The molecule has 0 fully saturated rings. The minimum absolute atomic E-state index is 0.201. The number of aromatic amines is 1. The molecule has 0 saturated carbocycles. The Morgan fingerprint density at radius 1 is 1.30 bits per heavy atom. The number of hydrogen-bond donors (Lipinski definition) is 1. The summed E-state index contributed by atoms with van der Waals surface area (Å²) in [6.07, 6.45) is 3.14. The number of nitrogens with one attached hydrogen (secondary N) is 1. The summed E-state index contributed by atoms with van der Waals surface area (Å²) < 4.78 is 14.7. The summed E-state index contributed by atoms with van der Waals surface area (Å²) in [5.74, 6) is -0.406. The number of H-pyrrole nitrogens is 1. The maximum Gasteiger partial charge on any atom is 0.261 e. The van der Waals surface area contributed by atoms with E-state index in [1.165, 1.54) is 29.1 Å². The van der Waals surface area contributed by atoms with Crippen molar-refractivity contribution in [2.45, 2.75) is 6.54 Å². The SMILES string of the molecule is O=c1c2ccc(F)cc2ncn1Cc1cn[nH]c1-c1cccs1. The number of aromatic nitrogens is 4. The number of rotatable bonds is 3. The number of fused-ring (bicyclic) bond motifs is 1. The van der Waals surface area contributed by atoms with E-state index in [2.05, 4.69) is 15.2 Å². The summed E-state index contributed by atoms with van der Waals surface area (Å²) in [4.78, 5) is 17.8. The molecule has 0 bridgehead atoms. The molecule has 4 aromatic rings. The van der Waals surface area contributed by atoms with Crippen LogP contribution in [0.5, 0.6) is 0 Å². The van der Waals surface area contributed by atoms with Gasteiger partial charge in [0.15, 0.2) is 0 Å². The average Bonchev–Trinajstić information content (AvgIpc) is 3.21. The number of thiophene rings is 1. The van der Waals surface area contributed by atoms with Gasteiger partial charge in [-0.3, -0.25) is 14.5 Å². The predicted octanol–water partition coefficient (Wildman–Crippen LogP) is 3.04. The van der Waals surface area contributed by atoms with E-state index in [4.69, 9.17) is 0 Å². The highest BCUT2D eigenvalue weighted by molar-refractivity contribution is 7.13. The maximum atomic E-state index is 13.2. The molecular formula is C16H11FN4OS. The van der Waals surface area contributed by atoms with Gasteiger partial charge in [0.25, 0.3) is 5.56 Å². The van der Waals surface area contributed by atoms with Gasteiger partial charge >= 0.3 is 0 Å². The lowest BCUT2D eigenvalue weighted by atomic mass is 10.2. The fraction of sp³-hybridized carbons (Fsp3) is 0.0625. The van der Waals surface area contributed by atoms with Gasteiger partial charge in [0.2, 0.25) is 0 Å². The zero-order valence-electron chi connectivity index (χ0n) is 11.9. The zero-order chi connectivity index (χ0) is 15.8. The van der Waals surface area contributed by atoms with Crippen LogP contribution in [0.25, 0.3) is 21.5 Å². The van der Waals surface area contributed by atoms with Gasteiger partial charge in [0.1, 0.15) is 5.82 Å². The Bertz CT molecular complexity index is 1040. The number of benzene rings is 1. The van der Waals surface area contributed by atoms with Crippen molar-refractivity contribution >= 4 is 22.2 Å². The molecule has 0 spiro atoms. The molecule has 4 rings (SSSR count). The second-order valence-corrected chi connectivity index (χ2v) is 6.03. The predicted molar refractivity (Wildman–Crippen MR) is 87.0 cm³/mol. The molecule has 0 radical (unpaired) electrons. The van der Waals surface area contributed by atoms with E-state index in [1.807, 2.05) is 17.5 Å². The molecule has 7 heteroatoms. The highest BCUT2D eigenvalue weighted by atomic mass is 32.1. The summed E-state index contributed by atoms with van der Waals surface area (Å²) in [5.41, 5.74) is 1.95. The van der Waals surface area contributed by atoms with Crippen molar-refractivity contribution in [3.63, 3.8) is 0 Å². The van der Waals surface area contributed by atoms with Crippen LogP contribution >= 0.6 is 11.3 Å². The average molecular weight is 326 g/mol. The first-order valence-corrected chi connectivity index (χ1v) is 7.81. The number of halogens is 1. The van der Waals surface area contributed by atoms with Gasteiger partial charge in [-0.1, -0.05) is 6.07 Å². The second kappa shape index (κ2) is 5.44. The van der Waals surface area contributed by atoms with E-state index in [0.29, 0.717) is 17.4 Å². The van der Waals surface area contributed by atoms with E-state index >= 15 is 0 Å². The standard InChI is InChI=1S/C16H11FN4OS/c17-11-3-4-12-13(6-11)18-9-21(16(12)22)8-10-7-19-20-15(10)14-2-1-5-23-14/h1-7,9H,8H2,(H,19,20). The molecule has 0 aliphatic carbocycles. The first-order valence-electron chi connectivity index (χ1n) is 6.93. The minimum Gasteiger partial charge on any atom is -0.294 e. The molecule has 5 nitrogen and oxygen atoms in total. The quantitative estimate of drug-likeness (QED) is 0.629. The van der Waals surface area contributed by atoms with Crippen LogP contribution < -0.4 is 5.56 Å². The Morgan fingerprint density at radius 3 is 3.04 bits per heavy atom. The largest absolute Gasteiger partial charge is 0.294 e. The molecule has 3 aromatic heterocycles. The summed E-state index contributed by atoms with van der Waals surface area (Å²) in [7, 11) is 0. The molecule has 1 N–H and O–H groups in total. The molecule has 0 atom stereocenters. The van der Waals surface area contributed by atoms with E-state index in [1.54, 1.807) is 17.5 Å². The fourth-order valence-corrected chi connectivity index (χ4v) is 3.25. The zero-order valence-corrected chi connectivity index (χ0v) is 12.7. The van der Waals surface area contributed by atoms with Gasteiger partial charge in [-0.2, -0.15) is 5.10 Å². The van der Waals surface area contributed by atoms with Crippen molar-refractivity contribution < 1.29 is 4.39 Å². The normalized spacial score (nSPS) is 11.2. The van der Waals surface area contributed by atoms with E-state index < -0.39 is 5.82 Å². The summed E-state index contributed by atoms with van der Waals surface area (Å²) >= 11 is 1.60. The Kier molecular flexibility index (Phi) is 3.27. The Balaban J connectivity index is 1.77. The second-order valence-electron chi connectivity index (χ2n) is 5.09. The Labute approximate surface area is 134 Å². The van der Waals surface area contributed by atoms with Crippen LogP contribution in [-0.4, -0.2) is 19.7 Å². The molecule has 1 aromatic carbocycles. The van der Waals surface area contributed by atoms with Crippen LogP contribution in [0.15, 0.2) is 53.0 Å². The molecule has 0 aliphatic heterocycles. The third-order valence-corrected chi connectivity index (χ3v) is 4.50. The first kappa shape index (κ1) is 13.8. The van der Waals surface area contributed by atoms with Gasteiger partial charge in [-0.25, -0.2) is 9.37 Å². The van der Waals surface area contributed by atoms with Crippen molar-refractivity contribution in [1.29, 1.82) is 0 Å². The highest BCUT2D eigenvalue weighted by Crippen LogP contribution is 2.26. The highest BCUT2D eigenvalue weighted by Gasteiger charge is 2.11. The maximum absolute atomic E-state index is 13.2. The van der Waals surface area contributed by atoms with Crippen LogP contribution in [0, 0.1) is 5.82 Å². The van der Waals surface area contributed by atoms with Gasteiger partial charge in [0.05, 0.1) is 40.5 Å². The number of nitrogens with zero attached hydrogens (tertiary/aromatic N) is 3. The monoisotopic (exact) mass is 326 g/mol. The van der Waals surface area contributed by atoms with Crippen molar-refractivity contribution in [3.8, 4) is 10.6 Å². The Hall–Kier alpha value is -2.80. The lowest BCUT2D eigenvalue weighted by molar-refractivity contribution is 0.629. The van der Waals surface area contributed by atoms with Gasteiger partial charge in [-0.15, -0.1) is 11.3 Å². The lowest BCUT2D eigenvalue weighted by Crippen LogP contribution is -2.21. The number of hydrogen-bond acceptors (Lipinski definition) is 4. The molecule has 3 heterocycles. The molecule has 0 saturated heterocycles. The van der Waals surface area contributed by atoms with Gasteiger partial charge in [-0.05, 0) is 23.6 Å². The van der Waals surface area contributed by atoms with Crippen LogP contribution in [0.3, 0.4) is 0 Å². The molecule has 0 unspecified atom stereocenters. The topological polar surface area (TPSA) is 63.6 Å². The summed E-state index contributed by atoms with van der Waals surface area (Å²) in [6.45, 7) is 0.350. The third kappa shape index (κ3) is 2.44. The van der Waals surface area contributed by atoms with Crippen molar-refractivity contribution in [1.82, 2.24) is 19.7 Å². The van der Waals surface area contributed by atoms with E-state index in [-0.39, 0.29) is 5.56 Å². The Morgan fingerprint density at radius 2 is 2.22 bits per heavy atom. The van der Waals surface area contributed by atoms with Crippen LogP contribution in [0.4, 0.5) is 4.39 Å². The van der Waals surface area contributed by atoms with Crippen molar-refractivity contribution in [3.05, 3.63) is 70.0 Å². The first-order chi connectivity index (χ1) is 11.2. The molecule has 114 valence electrons. The molecular weight excluding hydrogens is 315 g/mol.